The third-order valence-electron chi connectivity index (χ3n) is 3.74. The van der Waals surface area contributed by atoms with Crippen LogP contribution in [0.25, 0.3) is 11.0 Å². The van der Waals surface area contributed by atoms with Crippen molar-refractivity contribution in [1.29, 1.82) is 0 Å². The summed E-state index contributed by atoms with van der Waals surface area (Å²) in [6.45, 7) is 1.10. The van der Waals surface area contributed by atoms with Crippen LogP contribution in [-0.4, -0.2) is 32.3 Å². The molecule has 2 heterocycles. The summed E-state index contributed by atoms with van der Waals surface area (Å²) >= 11 is 3.36. The predicted octanol–water partition coefficient (Wildman–Crippen LogP) is 2.47. The number of amides is 1. The monoisotopic (exact) mass is 381 g/mol. The zero-order chi connectivity index (χ0) is 16.4. The third kappa shape index (κ3) is 3.40. The molecule has 3 rings (SSSR count). The van der Waals surface area contributed by atoms with E-state index in [1.807, 2.05) is 0 Å². The number of carbonyl (C=O) groups is 1. The van der Waals surface area contributed by atoms with E-state index in [0.717, 1.165) is 17.3 Å². The summed E-state index contributed by atoms with van der Waals surface area (Å²) in [4.78, 5) is 24.3. The van der Waals surface area contributed by atoms with Gasteiger partial charge in [-0.2, -0.15) is 0 Å². The molecule has 0 radical (unpaired) electrons. The molecule has 1 aliphatic heterocycles. The van der Waals surface area contributed by atoms with Crippen molar-refractivity contribution >= 4 is 32.8 Å². The first-order valence-electron chi connectivity index (χ1n) is 7.29. The molecule has 0 spiro atoms. The van der Waals surface area contributed by atoms with E-state index in [-0.39, 0.29) is 11.7 Å². The van der Waals surface area contributed by atoms with Crippen LogP contribution >= 0.6 is 15.9 Å². The first kappa shape index (κ1) is 16.0. The van der Waals surface area contributed by atoms with E-state index in [0.29, 0.717) is 29.9 Å². The number of hydrogen-bond donors (Lipinski definition) is 1. The third-order valence-corrected chi connectivity index (χ3v) is 4.20. The Bertz CT molecular complexity index is 795. The highest BCUT2D eigenvalue weighted by molar-refractivity contribution is 9.10. The normalized spacial score (nSPS) is 17.4. The molecule has 0 saturated carbocycles. The minimum Gasteiger partial charge on any atom is -0.493 e. The van der Waals surface area contributed by atoms with Gasteiger partial charge in [0, 0.05) is 23.0 Å². The van der Waals surface area contributed by atoms with E-state index >= 15 is 0 Å². The van der Waals surface area contributed by atoms with E-state index in [9.17, 15) is 9.59 Å². The fourth-order valence-electron chi connectivity index (χ4n) is 2.58. The quantitative estimate of drug-likeness (QED) is 0.823. The number of halogens is 1. The van der Waals surface area contributed by atoms with Crippen LogP contribution in [0.5, 0.6) is 5.75 Å². The Kier molecular flexibility index (Phi) is 4.68. The summed E-state index contributed by atoms with van der Waals surface area (Å²) in [5.74, 6) is -0.0344. The molecule has 0 bridgehead atoms. The highest BCUT2D eigenvalue weighted by Gasteiger charge is 2.19. The molecule has 1 aliphatic rings. The number of carbonyl (C=O) groups excluding carboxylic acids is 1. The van der Waals surface area contributed by atoms with Gasteiger partial charge in [0.1, 0.15) is 5.56 Å². The fourth-order valence-corrected chi connectivity index (χ4v) is 3.04. The Morgan fingerprint density at radius 1 is 1.43 bits per heavy atom. The first-order chi connectivity index (χ1) is 11.1. The van der Waals surface area contributed by atoms with Crippen molar-refractivity contribution in [3.8, 4) is 5.75 Å². The van der Waals surface area contributed by atoms with Crippen LogP contribution in [0, 0.1) is 0 Å². The molecule has 1 saturated heterocycles. The maximum Gasteiger partial charge on any atom is 0.349 e. The second-order valence-corrected chi connectivity index (χ2v) is 6.23. The van der Waals surface area contributed by atoms with Gasteiger partial charge in [-0.05, 0) is 31.0 Å². The molecule has 0 unspecified atom stereocenters. The molecule has 6 nitrogen and oxygen atoms in total. The van der Waals surface area contributed by atoms with Crippen LogP contribution in [0.4, 0.5) is 0 Å². The maximum atomic E-state index is 12.2. The molecular weight excluding hydrogens is 366 g/mol. The van der Waals surface area contributed by atoms with Crippen LogP contribution in [0.3, 0.4) is 0 Å². The summed E-state index contributed by atoms with van der Waals surface area (Å²) in [7, 11) is 1.49. The Morgan fingerprint density at radius 2 is 2.26 bits per heavy atom. The van der Waals surface area contributed by atoms with Crippen LogP contribution < -0.4 is 15.7 Å². The van der Waals surface area contributed by atoms with Crippen LogP contribution in [0.1, 0.15) is 23.2 Å². The Balaban J connectivity index is 1.89. The Hall–Kier alpha value is -1.86. The SMILES string of the molecule is COc1cc(Br)cc2cc(C(=O)NC[C@@H]3CCCO3)c(=O)oc12. The van der Waals surface area contributed by atoms with Gasteiger partial charge >= 0.3 is 5.63 Å². The molecule has 122 valence electrons. The maximum absolute atomic E-state index is 12.2. The van der Waals surface area contributed by atoms with Crippen molar-refractivity contribution in [1.82, 2.24) is 5.32 Å². The van der Waals surface area contributed by atoms with Gasteiger partial charge in [-0.15, -0.1) is 0 Å². The minimum atomic E-state index is -0.692. The molecule has 1 aromatic heterocycles. The van der Waals surface area contributed by atoms with E-state index in [1.54, 1.807) is 12.1 Å². The highest BCUT2D eigenvalue weighted by Crippen LogP contribution is 2.29. The fraction of sp³-hybridized carbons (Fsp3) is 0.375. The predicted molar refractivity (Wildman–Crippen MR) is 88.0 cm³/mol. The van der Waals surface area contributed by atoms with Gasteiger partial charge in [-0.25, -0.2) is 4.79 Å². The van der Waals surface area contributed by atoms with E-state index in [4.69, 9.17) is 13.9 Å². The second kappa shape index (κ2) is 6.72. The smallest absolute Gasteiger partial charge is 0.349 e. The van der Waals surface area contributed by atoms with E-state index in [1.165, 1.54) is 13.2 Å². The first-order valence-corrected chi connectivity index (χ1v) is 8.09. The van der Waals surface area contributed by atoms with Crippen molar-refractivity contribution in [2.24, 2.45) is 0 Å². The molecule has 1 fully saturated rings. The zero-order valence-corrected chi connectivity index (χ0v) is 14.1. The average Bonchev–Trinajstić information content (AvgIpc) is 3.05. The number of rotatable bonds is 4. The van der Waals surface area contributed by atoms with Crippen molar-refractivity contribution in [2.75, 3.05) is 20.3 Å². The number of methoxy groups -OCH3 is 1. The van der Waals surface area contributed by atoms with Crippen LogP contribution in [0.2, 0.25) is 0 Å². The molecule has 7 heteroatoms. The largest absolute Gasteiger partial charge is 0.493 e. The Morgan fingerprint density at radius 3 is 2.96 bits per heavy atom. The van der Waals surface area contributed by atoms with E-state index < -0.39 is 11.5 Å². The van der Waals surface area contributed by atoms with Gasteiger partial charge in [0.25, 0.3) is 5.91 Å². The highest BCUT2D eigenvalue weighted by atomic mass is 79.9. The number of benzene rings is 1. The van der Waals surface area contributed by atoms with Crippen molar-refractivity contribution < 1.29 is 18.7 Å². The standard InChI is InChI=1S/C16H16BrNO5/c1-21-13-7-10(17)5-9-6-12(16(20)23-14(9)13)15(19)18-8-11-3-2-4-22-11/h5-7,11H,2-4,8H2,1H3,(H,18,19)/t11-/m0/s1. The number of fused-ring (bicyclic) bond motifs is 1. The van der Waals surface area contributed by atoms with Crippen molar-refractivity contribution in [3.05, 3.63) is 38.7 Å². The van der Waals surface area contributed by atoms with Crippen molar-refractivity contribution in [3.63, 3.8) is 0 Å². The number of hydrogen-bond acceptors (Lipinski definition) is 5. The zero-order valence-electron chi connectivity index (χ0n) is 12.6. The minimum absolute atomic E-state index is 0.0145. The molecule has 1 aromatic carbocycles. The average molecular weight is 382 g/mol. The number of ether oxygens (including phenoxy) is 2. The summed E-state index contributed by atoms with van der Waals surface area (Å²) in [6, 6.07) is 4.97. The molecule has 1 atom stereocenters. The lowest BCUT2D eigenvalue weighted by Crippen LogP contribution is -2.34. The van der Waals surface area contributed by atoms with Gasteiger partial charge in [0.2, 0.25) is 0 Å². The van der Waals surface area contributed by atoms with Gasteiger partial charge in [-0.3, -0.25) is 4.79 Å². The molecule has 2 aromatic rings. The van der Waals surface area contributed by atoms with Gasteiger partial charge in [-0.1, -0.05) is 15.9 Å². The van der Waals surface area contributed by atoms with Gasteiger partial charge in [0.15, 0.2) is 11.3 Å². The number of nitrogens with one attached hydrogen (secondary N) is 1. The molecular formula is C16H16BrNO5. The van der Waals surface area contributed by atoms with E-state index in [2.05, 4.69) is 21.2 Å². The summed E-state index contributed by atoms with van der Waals surface area (Å²) in [5, 5.41) is 3.33. The summed E-state index contributed by atoms with van der Waals surface area (Å²) < 4.78 is 16.7. The van der Waals surface area contributed by atoms with Gasteiger partial charge in [0.05, 0.1) is 13.2 Å². The van der Waals surface area contributed by atoms with Gasteiger partial charge < -0.3 is 19.2 Å². The molecule has 23 heavy (non-hydrogen) atoms. The molecule has 1 N–H and O–H groups in total. The van der Waals surface area contributed by atoms with Crippen LogP contribution in [-0.2, 0) is 4.74 Å². The lowest BCUT2D eigenvalue weighted by atomic mass is 10.1. The second-order valence-electron chi connectivity index (χ2n) is 5.32. The topological polar surface area (TPSA) is 77.8 Å². The molecule has 1 amide bonds. The lowest BCUT2D eigenvalue weighted by molar-refractivity contribution is 0.0855. The van der Waals surface area contributed by atoms with Crippen molar-refractivity contribution in [2.45, 2.75) is 18.9 Å². The lowest BCUT2D eigenvalue weighted by Gasteiger charge is -2.11. The molecule has 0 aliphatic carbocycles. The summed E-state index contributed by atoms with van der Waals surface area (Å²) in [6.07, 6.45) is 1.92. The summed E-state index contributed by atoms with van der Waals surface area (Å²) in [5.41, 5.74) is -0.407. The van der Waals surface area contributed by atoms with Crippen LogP contribution in [0.15, 0.2) is 31.9 Å². The Labute approximate surface area is 140 Å².